The van der Waals surface area contributed by atoms with Gasteiger partial charge < -0.3 is 5.11 Å². The second kappa shape index (κ2) is 5.06. The Hall–Kier alpha value is -2.61. The van der Waals surface area contributed by atoms with E-state index < -0.39 is 5.97 Å². The number of carboxylic acid groups (broad SMARTS) is 1. The van der Waals surface area contributed by atoms with Gasteiger partial charge in [-0.2, -0.15) is 0 Å². The molecular weight excluding hydrogens is 260 g/mol. The molecule has 104 valence electrons. The summed E-state index contributed by atoms with van der Waals surface area (Å²) in [6.07, 6.45) is 0. The molecule has 3 rings (SSSR count). The van der Waals surface area contributed by atoms with Crippen molar-refractivity contribution in [2.45, 2.75) is 13.8 Å². The minimum absolute atomic E-state index is 0.386. The number of hydrogen-bond donors (Lipinski definition) is 1. The number of carbonyl (C=O) groups is 1. The van der Waals surface area contributed by atoms with Crippen LogP contribution in [0, 0.1) is 0 Å². The van der Waals surface area contributed by atoms with Crippen LogP contribution >= 0.6 is 0 Å². The molecule has 0 heterocycles. The Balaban J connectivity index is 2.52. The Morgan fingerprint density at radius 3 is 1.81 bits per heavy atom. The zero-order valence-electron chi connectivity index (χ0n) is 12.1. The molecular formula is C19H16O2. The molecule has 0 atom stereocenters. The summed E-state index contributed by atoms with van der Waals surface area (Å²) in [4.78, 5) is 11.3. The SMILES string of the molecule is C/C(C(=O)O)=C(/C)c1c2ccccc2cc2ccccc12. The van der Waals surface area contributed by atoms with Crippen molar-refractivity contribution in [1.82, 2.24) is 0 Å². The van der Waals surface area contributed by atoms with Gasteiger partial charge in [-0.15, -0.1) is 0 Å². The highest BCUT2D eigenvalue weighted by Crippen LogP contribution is 2.34. The van der Waals surface area contributed by atoms with Gasteiger partial charge in [-0.3, -0.25) is 0 Å². The van der Waals surface area contributed by atoms with Gasteiger partial charge in [0, 0.05) is 5.57 Å². The maximum Gasteiger partial charge on any atom is 0.331 e. The zero-order chi connectivity index (χ0) is 15.0. The van der Waals surface area contributed by atoms with Crippen molar-refractivity contribution >= 4 is 33.1 Å². The Morgan fingerprint density at radius 2 is 1.33 bits per heavy atom. The molecule has 0 spiro atoms. The predicted octanol–water partition coefficient (Wildman–Crippen LogP) is 4.87. The third kappa shape index (κ3) is 2.19. The maximum absolute atomic E-state index is 11.3. The highest BCUT2D eigenvalue weighted by Gasteiger charge is 2.13. The van der Waals surface area contributed by atoms with Crippen LogP contribution in [-0.2, 0) is 4.79 Å². The minimum atomic E-state index is -0.871. The first-order valence-corrected chi connectivity index (χ1v) is 6.91. The number of rotatable bonds is 2. The summed E-state index contributed by atoms with van der Waals surface area (Å²) in [5, 5.41) is 13.7. The van der Waals surface area contributed by atoms with Crippen molar-refractivity contribution in [3.05, 3.63) is 65.7 Å². The quantitative estimate of drug-likeness (QED) is 0.535. The van der Waals surface area contributed by atoms with E-state index in [1.807, 2.05) is 31.2 Å². The smallest absolute Gasteiger partial charge is 0.331 e. The normalized spacial score (nSPS) is 12.5. The molecule has 21 heavy (non-hydrogen) atoms. The molecule has 0 fully saturated rings. The first kappa shape index (κ1) is 13.4. The molecule has 2 nitrogen and oxygen atoms in total. The van der Waals surface area contributed by atoms with Crippen LogP contribution in [0.1, 0.15) is 19.4 Å². The highest BCUT2D eigenvalue weighted by molar-refractivity contribution is 6.11. The van der Waals surface area contributed by atoms with Crippen LogP contribution in [0.2, 0.25) is 0 Å². The van der Waals surface area contributed by atoms with Crippen LogP contribution in [0.4, 0.5) is 0 Å². The molecule has 0 aliphatic rings. The number of allylic oxidation sites excluding steroid dienone is 1. The molecule has 3 aromatic carbocycles. The van der Waals surface area contributed by atoms with Crippen molar-refractivity contribution in [1.29, 1.82) is 0 Å². The van der Waals surface area contributed by atoms with Gasteiger partial charge >= 0.3 is 5.97 Å². The Morgan fingerprint density at radius 1 is 0.857 bits per heavy atom. The fourth-order valence-electron chi connectivity index (χ4n) is 2.77. The van der Waals surface area contributed by atoms with E-state index in [-0.39, 0.29) is 0 Å². The van der Waals surface area contributed by atoms with Crippen molar-refractivity contribution in [3.63, 3.8) is 0 Å². The lowest BCUT2D eigenvalue weighted by Gasteiger charge is -2.13. The van der Waals surface area contributed by atoms with Crippen LogP contribution in [0.3, 0.4) is 0 Å². The van der Waals surface area contributed by atoms with Gasteiger partial charge in [0.25, 0.3) is 0 Å². The van der Waals surface area contributed by atoms with Gasteiger partial charge in [0.05, 0.1) is 0 Å². The monoisotopic (exact) mass is 276 g/mol. The first-order valence-electron chi connectivity index (χ1n) is 6.91. The van der Waals surface area contributed by atoms with E-state index in [1.54, 1.807) is 6.92 Å². The second-order valence-electron chi connectivity index (χ2n) is 5.25. The van der Waals surface area contributed by atoms with Gasteiger partial charge in [-0.1, -0.05) is 48.5 Å². The summed E-state index contributed by atoms with van der Waals surface area (Å²) in [6.45, 7) is 3.55. The van der Waals surface area contributed by atoms with Crippen molar-refractivity contribution in [2.75, 3.05) is 0 Å². The van der Waals surface area contributed by atoms with Crippen molar-refractivity contribution < 1.29 is 9.90 Å². The molecule has 0 aliphatic carbocycles. The standard InChI is InChI=1S/C19H16O2/c1-12(13(2)19(20)21)18-16-9-5-3-7-14(16)11-15-8-4-6-10-17(15)18/h3-11H,1-2H3,(H,20,21)/b13-12+. The lowest BCUT2D eigenvalue weighted by Crippen LogP contribution is -2.00. The fourth-order valence-corrected chi connectivity index (χ4v) is 2.77. The maximum atomic E-state index is 11.3. The van der Waals surface area contributed by atoms with Gasteiger partial charge in [0.15, 0.2) is 0 Å². The average Bonchev–Trinajstić information content (AvgIpc) is 2.51. The Bertz CT molecular complexity index is 834. The average molecular weight is 276 g/mol. The van der Waals surface area contributed by atoms with Gasteiger partial charge in [-0.25, -0.2) is 4.79 Å². The first-order chi connectivity index (χ1) is 10.1. The minimum Gasteiger partial charge on any atom is -0.478 e. The van der Waals surface area contributed by atoms with Crippen LogP contribution in [0.25, 0.3) is 27.1 Å². The number of aliphatic carboxylic acids is 1. The van der Waals surface area contributed by atoms with E-state index in [4.69, 9.17) is 0 Å². The topological polar surface area (TPSA) is 37.3 Å². The lowest BCUT2D eigenvalue weighted by molar-refractivity contribution is -0.132. The van der Waals surface area contributed by atoms with E-state index in [9.17, 15) is 9.90 Å². The molecule has 0 unspecified atom stereocenters. The summed E-state index contributed by atoms with van der Waals surface area (Å²) in [7, 11) is 0. The molecule has 0 saturated heterocycles. The molecule has 0 saturated carbocycles. The molecule has 0 aliphatic heterocycles. The number of hydrogen-bond acceptors (Lipinski definition) is 1. The molecule has 0 amide bonds. The second-order valence-corrected chi connectivity index (χ2v) is 5.25. The number of carboxylic acids is 1. The Labute approximate surface area is 123 Å². The molecule has 1 N–H and O–H groups in total. The number of fused-ring (bicyclic) bond motifs is 2. The molecule has 0 bridgehead atoms. The summed E-state index contributed by atoms with van der Waals surface area (Å²) >= 11 is 0. The van der Waals surface area contributed by atoms with Gasteiger partial charge in [-0.05, 0) is 52.6 Å². The third-order valence-corrected chi connectivity index (χ3v) is 4.03. The largest absolute Gasteiger partial charge is 0.478 e. The Kier molecular flexibility index (Phi) is 3.22. The third-order valence-electron chi connectivity index (χ3n) is 4.03. The summed E-state index contributed by atoms with van der Waals surface area (Å²) in [6, 6.07) is 18.4. The molecule has 2 heteroatoms. The lowest BCUT2D eigenvalue weighted by atomic mass is 9.90. The summed E-state index contributed by atoms with van der Waals surface area (Å²) in [5.74, 6) is -0.871. The fraction of sp³-hybridized carbons (Fsp3) is 0.105. The molecule has 3 aromatic rings. The molecule has 0 aromatic heterocycles. The van der Waals surface area contributed by atoms with Crippen LogP contribution in [0.15, 0.2) is 60.2 Å². The van der Waals surface area contributed by atoms with Crippen LogP contribution in [-0.4, -0.2) is 11.1 Å². The summed E-state index contributed by atoms with van der Waals surface area (Å²) in [5.41, 5.74) is 2.22. The van der Waals surface area contributed by atoms with Crippen LogP contribution < -0.4 is 0 Å². The van der Waals surface area contributed by atoms with Crippen LogP contribution in [0.5, 0.6) is 0 Å². The van der Waals surface area contributed by atoms with E-state index in [0.29, 0.717) is 5.57 Å². The molecule has 0 radical (unpaired) electrons. The van der Waals surface area contributed by atoms with E-state index >= 15 is 0 Å². The summed E-state index contributed by atoms with van der Waals surface area (Å²) < 4.78 is 0. The zero-order valence-corrected chi connectivity index (χ0v) is 12.1. The number of benzene rings is 3. The van der Waals surface area contributed by atoms with Gasteiger partial charge in [0.2, 0.25) is 0 Å². The van der Waals surface area contributed by atoms with Crippen molar-refractivity contribution in [3.8, 4) is 0 Å². The van der Waals surface area contributed by atoms with Gasteiger partial charge in [0.1, 0.15) is 0 Å². The highest BCUT2D eigenvalue weighted by atomic mass is 16.4. The van der Waals surface area contributed by atoms with E-state index in [2.05, 4.69) is 30.3 Å². The van der Waals surface area contributed by atoms with Crippen molar-refractivity contribution in [2.24, 2.45) is 0 Å². The van der Waals surface area contributed by atoms with E-state index in [1.165, 1.54) is 0 Å². The van der Waals surface area contributed by atoms with E-state index in [0.717, 1.165) is 32.7 Å². The predicted molar refractivity (Wildman–Crippen MR) is 87.4 cm³/mol.